The van der Waals surface area contributed by atoms with Crippen molar-refractivity contribution in [2.75, 3.05) is 19.0 Å². The molecular formula is C25H26ClNO5S. The Hall–Kier alpha value is -2.77. The van der Waals surface area contributed by atoms with E-state index in [0.29, 0.717) is 38.6 Å². The summed E-state index contributed by atoms with van der Waals surface area (Å²) in [5.74, 6) is 0.883. The number of carbonyl (C=O) groups excluding carboxylic acids is 2. The second-order valence-corrected chi connectivity index (χ2v) is 9.48. The zero-order valence-corrected chi connectivity index (χ0v) is 20.4. The van der Waals surface area contributed by atoms with Gasteiger partial charge in [0.1, 0.15) is 10.8 Å². The van der Waals surface area contributed by atoms with Crippen LogP contribution >= 0.6 is 22.9 Å². The monoisotopic (exact) mass is 487 g/mol. The molecule has 1 aromatic carbocycles. The van der Waals surface area contributed by atoms with Gasteiger partial charge in [-0.2, -0.15) is 0 Å². The first-order valence-corrected chi connectivity index (χ1v) is 12.2. The Labute approximate surface area is 201 Å². The Morgan fingerprint density at radius 3 is 2.85 bits per heavy atom. The Morgan fingerprint density at radius 2 is 2.12 bits per heavy atom. The third kappa shape index (κ3) is 4.94. The van der Waals surface area contributed by atoms with Crippen molar-refractivity contribution in [2.24, 2.45) is 5.92 Å². The van der Waals surface area contributed by atoms with Crippen LogP contribution in [-0.2, 0) is 22.4 Å². The van der Waals surface area contributed by atoms with Crippen molar-refractivity contribution >= 4 is 56.9 Å². The highest BCUT2D eigenvalue weighted by molar-refractivity contribution is 7.17. The van der Waals surface area contributed by atoms with Crippen molar-refractivity contribution in [1.82, 2.24) is 0 Å². The van der Waals surface area contributed by atoms with E-state index in [9.17, 15) is 9.59 Å². The van der Waals surface area contributed by atoms with Gasteiger partial charge in [0.25, 0.3) is 0 Å². The van der Waals surface area contributed by atoms with E-state index in [2.05, 4.69) is 12.2 Å². The smallest absolute Gasteiger partial charge is 0.341 e. The minimum atomic E-state index is -0.384. The number of benzene rings is 1. The number of halogens is 1. The van der Waals surface area contributed by atoms with Crippen LogP contribution in [0.25, 0.3) is 17.0 Å². The van der Waals surface area contributed by atoms with Gasteiger partial charge in [0.05, 0.1) is 19.3 Å². The Bertz CT molecular complexity index is 1230. The summed E-state index contributed by atoms with van der Waals surface area (Å²) in [6.45, 7) is 4.25. The largest absolute Gasteiger partial charge is 0.493 e. The highest BCUT2D eigenvalue weighted by Gasteiger charge is 2.29. The number of carbonyl (C=O) groups is 2. The lowest BCUT2D eigenvalue weighted by molar-refractivity contribution is -0.111. The molecule has 1 amide bonds. The van der Waals surface area contributed by atoms with E-state index < -0.39 is 0 Å². The number of thiophene rings is 1. The maximum Gasteiger partial charge on any atom is 0.341 e. The van der Waals surface area contributed by atoms with Crippen molar-refractivity contribution in [3.05, 3.63) is 51.1 Å². The zero-order chi connectivity index (χ0) is 23.5. The molecule has 0 saturated carbocycles. The van der Waals surface area contributed by atoms with E-state index >= 15 is 0 Å². The molecule has 0 fully saturated rings. The molecule has 1 aliphatic carbocycles. The number of hydrogen-bond donors (Lipinski definition) is 1. The van der Waals surface area contributed by atoms with Gasteiger partial charge in [-0.05, 0) is 55.9 Å². The molecule has 1 atom stereocenters. The zero-order valence-electron chi connectivity index (χ0n) is 18.8. The predicted octanol–water partition coefficient (Wildman–Crippen LogP) is 6.50. The number of esters is 1. The van der Waals surface area contributed by atoms with Crippen LogP contribution in [0.3, 0.4) is 0 Å². The van der Waals surface area contributed by atoms with Gasteiger partial charge in [0.15, 0.2) is 11.3 Å². The predicted molar refractivity (Wildman–Crippen MR) is 132 cm³/mol. The molecular weight excluding hydrogens is 462 g/mol. The van der Waals surface area contributed by atoms with Crippen LogP contribution in [0.2, 0.25) is 5.02 Å². The minimum Gasteiger partial charge on any atom is -0.493 e. The van der Waals surface area contributed by atoms with E-state index in [4.69, 9.17) is 25.5 Å². The molecule has 0 bridgehead atoms. The molecule has 2 aromatic heterocycles. The molecule has 4 rings (SSSR count). The SMILES string of the molecule is CCOC(=O)c1c(NC(=O)/C=C/c2cc3cc(Cl)cc(OC)c3o2)sc2c1CC[C@@H](CC)C2. The molecule has 2 heterocycles. The summed E-state index contributed by atoms with van der Waals surface area (Å²) in [6.07, 6.45) is 6.86. The van der Waals surface area contributed by atoms with E-state index in [0.717, 1.165) is 41.5 Å². The summed E-state index contributed by atoms with van der Waals surface area (Å²) in [5.41, 5.74) is 2.07. The fraction of sp³-hybridized carbons (Fsp3) is 0.360. The van der Waals surface area contributed by atoms with Gasteiger partial charge in [-0.3, -0.25) is 4.79 Å². The number of furan rings is 1. The van der Waals surface area contributed by atoms with Crippen molar-refractivity contribution in [2.45, 2.75) is 39.5 Å². The number of hydrogen-bond acceptors (Lipinski definition) is 6. The highest BCUT2D eigenvalue weighted by atomic mass is 35.5. The summed E-state index contributed by atoms with van der Waals surface area (Å²) in [4.78, 5) is 26.6. The molecule has 33 heavy (non-hydrogen) atoms. The molecule has 0 radical (unpaired) electrons. The lowest BCUT2D eigenvalue weighted by atomic mass is 9.85. The minimum absolute atomic E-state index is 0.286. The number of ether oxygens (including phenoxy) is 2. The number of amides is 1. The van der Waals surface area contributed by atoms with E-state index in [1.165, 1.54) is 17.4 Å². The Morgan fingerprint density at radius 1 is 1.30 bits per heavy atom. The van der Waals surface area contributed by atoms with E-state index in [-0.39, 0.29) is 18.5 Å². The third-order valence-corrected chi connectivity index (χ3v) is 7.23. The van der Waals surface area contributed by atoms with Gasteiger partial charge in [0, 0.05) is 27.4 Å². The van der Waals surface area contributed by atoms with Gasteiger partial charge in [-0.15, -0.1) is 11.3 Å². The lowest BCUT2D eigenvalue weighted by Crippen LogP contribution is -2.16. The molecule has 1 aliphatic rings. The van der Waals surface area contributed by atoms with Crippen molar-refractivity contribution in [1.29, 1.82) is 0 Å². The number of nitrogens with one attached hydrogen (secondary N) is 1. The molecule has 8 heteroatoms. The molecule has 0 unspecified atom stereocenters. The second kappa shape index (κ2) is 10.0. The first-order chi connectivity index (χ1) is 15.9. The van der Waals surface area contributed by atoms with Crippen LogP contribution in [0.15, 0.2) is 28.7 Å². The maximum atomic E-state index is 12.7. The average Bonchev–Trinajstić information content (AvgIpc) is 3.37. The summed E-state index contributed by atoms with van der Waals surface area (Å²) >= 11 is 7.59. The van der Waals surface area contributed by atoms with Crippen LogP contribution in [-0.4, -0.2) is 25.6 Å². The van der Waals surface area contributed by atoms with E-state index in [1.807, 2.05) is 0 Å². The highest BCUT2D eigenvalue weighted by Crippen LogP contribution is 2.41. The number of fused-ring (bicyclic) bond motifs is 2. The van der Waals surface area contributed by atoms with E-state index in [1.54, 1.807) is 38.3 Å². The molecule has 6 nitrogen and oxygen atoms in total. The maximum absolute atomic E-state index is 12.7. The topological polar surface area (TPSA) is 77.8 Å². The third-order valence-electron chi connectivity index (χ3n) is 5.85. The second-order valence-electron chi connectivity index (χ2n) is 7.94. The standard InChI is InChI=1S/C25H26ClNO5S/c1-4-14-6-8-18-20(10-14)33-24(22(18)25(29)31-5-2)27-21(28)9-7-17-12-15-11-16(26)13-19(30-3)23(15)32-17/h7,9,11-14H,4-6,8,10H2,1-3H3,(H,27,28)/b9-7+/t14-/m1/s1. The average molecular weight is 488 g/mol. The summed E-state index contributed by atoms with van der Waals surface area (Å²) in [7, 11) is 1.54. The quantitative estimate of drug-likeness (QED) is 0.304. The van der Waals surface area contributed by atoms with Crippen molar-refractivity contribution < 1.29 is 23.5 Å². The van der Waals surface area contributed by atoms with Crippen LogP contribution in [0.4, 0.5) is 5.00 Å². The lowest BCUT2D eigenvalue weighted by Gasteiger charge is -2.20. The van der Waals surface area contributed by atoms with Crippen LogP contribution in [0, 0.1) is 5.92 Å². The first kappa shape index (κ1) is 23.4. The fourth-order valence-electron chi connectivity index (χ4n) is 4.16. The summed E-state index contributed by atoms with van der Waals surface area (Å²) in [6, 6.07) is 5.23. The van der Waals surface area contributed by atoms with Crippen LogP contribution in [0.1, 0.15) is 53.2 Å². The molecule has 174 valence electrons. The van der Waals surface area contributed by atoms with Gasteiger partial charge in [-0.1, -0.05) is 24.9 Å². The molecule has 1 N–H and O–H groups in total. The molecule has 0 aliphatic heterocycles. The Balaban J connectivity index is 1.57. The van der Waals surface area contributed by atoms with Crippen molar-refractivity contribution in [3.63, 3.8) is 0 Å². The number of methoxy groups -OCH3 is 1. The molecule has 3 aromatic rings. The number of anilines is 1. The Kier molecular flexibility index (Phi) is 7.10. The molecule has 0 spiro atoms. The summed E-state index contributed by atoms with van der Waals surface area (Å²) in [5, 5.41) is 4.74. The first-order valence-electron chi connectivity index (χ1n) is 11.0. The summed E-state index contributed by atoms with van der Waals surface area (Å²) < 4.78 is 16.4. The number of rotatable bonds is 7. The molecule has 0 saturated heterocycles. The fourth-order valence-corrected chi connectivity index (χ4v) is 5.73. The van der Waals surface area contributed by atoms with Gasteiger partial charge in [-0.25, -0.2) is 4.79 Å². The van der Waals surface area contributed by atoms with Crippen LogP contribution < -0.4 is 10.1 Å². The van der Waals surface area contributed by atoms with Crippen molar-refractivity contribution in [3.8, 4) is 5.75 Å². The van der Waals surface area contributed by atoms with Crippen LogP contribution in [0.5, 0.6) is 5.75 Å². The van der Waals surface area contributed by atoms with Gasteiger partial charge >= 0.3 is 5.97 Å². The normalized spacial score (nSPS) is 15.6. The van der Waals surface area contributed by atoms with Gasteiger partial charge < -0.3 is 19.2 Å². The van der Waals surface area contributed by atoms with Gasteiger partial charge in [0.2, 0.25) is 5.91 Å².